The molecule has 0 aliphatic heterocycles. The van der Waals surface area contributed by atoms with Crippen LogP contribution in [0.5, 0.6) is 0 Å². The average molecular weight is 409 g/mol. The fourth-order valence-corrected chi connectivity index (χ4v) is 4.25. The molecule has 2 unspecified atom stereocenters. The van der Waals surface area contributed by atoms with Gasteiger partial charge in [-0.3, -0.25) is 0 Å². The molecule has 0 bridgehead atoms. The van der Waals surface area contributed by atoms with Crippen LogP contribution < -0.4 is 5.32 Å². The van der Waals surface area contributed by atoms with Gasteiger partial charge in [-0.2, -0.15) is 0 Å². The second-order valence-electron chi connectivity index (χ2n) is 5.67. The molecule has 21 heavy (non-hydrogen) atoms. The summed E-state index contributed by atoms with van der Waals surface area (Å²) in [7, 11) is 0. The van der Waals surface area contributed by atoms with Crippen LogP contribution in [0.15, 0.2) is 45.3 Å². The third-order valence-electron chi connectivity index (χ3n) is 4.33. The molecule has 0 fully saturated rings. The first kappa shape index (κ1) is 15.3. The molecule has 0 saturated carbocycles. The summed E-state index contributed by atoms with van der Waals surface area (Å²) in [4.78, 5) is 0. The van der Waals surface area contributed by atoms with Crippen molar-refractivity contribution in [3.63, 3.8) is 0 Å². The van der Waals surface area contributed by atoms with E-state index >= 15 is 0 Å². The van der Waals surface area contributed by atoms with Gasteiger partial charge >= 0.3 is 0 Å². The van der Waals surface area contributed by atoms with Gasteiger partial charge < -0.3 is 5.32 Å². The molecule has 0 spiro atoms. The molecule has 0 radical (unpaired) electrons. The number of hydrogen-bond donors (Lipinski definition) is 1. The molecule has 2 aromatic rings. The molecule has 1 N–H and O–H groups in total. The van der Waals surface area contributed by atoms with Crippen molar-refractivity contribution in [2.24, 2.45) is 0 Å². The Labute approximate surface area is 143 Å². The van der Waals surface area contributed by atoms with Crippen molar-refractivity contribution in [1.82, 2.24) is 5.32 Å². The maximum Gasteiger partial charge on any atom is 0.0404 e. The molecule has 0 saturated heterocycles. The number of halogens is 2. The summed E-state index contributed by atoms with van der Waals surface area (Å²) in [5.74, 6) is 0.562. The summed E-state index contributed by atoms with van der Waals surface area (Å²) in [5.41, 5.74) is 5.59. The number of rotatable bonds is 4. The Bertz CT molecular complexity index is 666. The molecule has 3 rings (SSSR count). The van der Waals surface area contributed by atoms with Crippen LogP contribution in [0.25, 0.3) is 0 Å². The van der Waals surface area contributed by atoms with Crippen molar-refractivity contribution in [2.75, 3.05) is 6.54 Å². The zero-order valence-electron chi connectivity index (χ0n) is 12.3. The molecule has 2 aromatic carbocycles. The number of fused-ring (bicyclic) bond motifs is 1. The Balaban J connectivity index is 1.99. The summed E-state index contributed by atoms with van der Waals surface area (Å²) >= 11 is 7.42. The lowest BCUT2D eigenvalue weighted by atomic mass is 9.71. The Kier molecular flexibility index (Phi) is 4.53. The van der Waals surface area contributed by atoms with Crippen LogP contribution in [-0.4, -0.2) is 6.54 Å². The van der Waals surface area contributed by atoms with Gasteiger partial charge in [-0.1, -0.05) is 63.0 Å². The van der Waals surface area contributed by atoms with E-state index in [0.717, 1.165) is 13.0 Å². The maximum absolute atomic E-state index is 3.75. The summed E-state index contributed by atoms with van der Waals surface area (Å²) in [5, 5.41) is 3.68. The number of aryl methyl sites for hydroxylation is 1. The minimum absolute atomic E-state index is 0.358. The van der Waals surface area contributed by atoms with Crippen molar-refractivity contribution < 1.29 is 0 Å². The molecule has 0 heterocycles. The van der Waals surface area contributed by atoms with Crippen LogP contribution in [0.3, 0.4) is 0 Å². The van der Waals surface area contributed by atoms with E-state index in [1.165, 1.54) is 31.2 Å². The number of likely N-dealkylation sites (N-methyl/N-ethyl adjacent to an activating group) is 1. The lowest BCUT2D eigenvalue weighted by Gasteiger charge is -2.38. The van der Waals surface area contributed by atoms with Gasteiger partial charge in [0, 0.05) is 20.9 Å². The smallest absolute Gasteiger partial charge is 0.0404 e. The Morgan fingerprint density at radius 2 is 1.95 bits per heavy atom. The first-order chi connectivity index (χ1) is 10.1. The maximum atomic E-state index is 3.75. The van der Waals surface area contributed by atoms with Crippen LogP contribution in [0, 0.1) is 6.92 Å². The number of hydrogen-bond acceptors (Lipinski definition) is 1. The van der Waals surface area contributed by atoms with E-state index in [4.69, 9.17) is 0 Å². The molecular formula is C18H19Br2N. The second kappa shape index (κ2) is 6.23. The van der Waals surface area contributed by atoms with Gasteiger partial charge in [-0.05, 0) is 54.3 Å². The van der Waals surface area contributed by atoms with Crippen molar-refractivity contribution in [3.8, 4) is 0 Å². The van der Waals surface area contributed by atoms with Crippen molar-refractivity contribution >= 4 is 31.9 Å². The van der Waals surface area contributed by atoms with Gasteiger partial charge in [0.05, 0.1) is 0 Å². The van der Waals surface area contributed by atoms with Gasteiger partial charge in [0.2, 0.25) is 0 Å². The third kappa shape index (κ3) is 2.84. The molecule has 0 amide bonds. The zero-order valence-corrected chi connectivity index (χ0v) is 15.5. The second-order valence-corrected chi connectivity index (χ2v) is 7.38. The highest BCUT2D eigenvalue weighted by Crippen LogP contribution is 2.45. The Morgan fingerprint density at radius 1 is 1.19 bits per heavy atom. The largest absolute Gasteiger partial charge is 0.310 e. The summed E-state index contributed by atoms with van der Waals surface area (Å²) < 4.78 is 2.37. The zero-order chi connectivity index (χ0) is 15.0. The predicted octanol–water partition coefficient (Wildman–Crippen LogP) is 5.51. The highest BCUT2D eigenvalue weighted by molar-refractivity contribution is 9.11. The van der Waals surface area contributed by atoms with Gasteiger partial charge in [-0.15, -0.1) is 0 Å². The first-order valence-electron chi connectivity index (χ1n) is 7.38. The standard InChI is InChI=1S/C18H19Br2N/c1-3-21-18(14-9-12-6-4-5-7-13(12)14)15-10-16(19)11(2)8-17(15)20/h4-8,10,14,18,21H,3,9H2,1-2H3. The lowest BCUT2D eigenvalue weighted by molar-refractivity contribution is 0.418. The van der Waals surface area contributed by atoms with Crippen molar-refractivity contribution in [1.29, 1.82) is 0 Å². The summed E-state index contributed by atoms with van der Waals surface area (Å²) in [6.45, 7) is 5.27. The van der Waals surface area contributed by atoms with E-state index in [2.05, 4.69) is 87.4 Å². The molecule has 1 aliphatic rings. The van der Waals surface area contributed by atoms with Gasteiger partial charge in [0.1, 0.15) is 0 Å². The number of benzene rings is 2. The molecule has 1 nitrogen and oxygen atoms in total. The summed E-state index contributed by atoms with van der Waals surface area (Å²) in [6.07, 6.45) is 1.16. The van der Waals surface area contributed by atoms with E-state index in [1.807, 2.05) is 0 Å². The van der Waals surface area contributed by atoms with E-state index in [-0.39, 0.29) is 0 Å². The normalized spacial score (nSPS) is 18.0. The minimum Gasteiger partial charge on any atom is -0.310 e. The first-order valence-corrected chi connectivity index (χ1v) is 8.97. The van der Waals surface area contributed by atoms with E-state index < -0.39 is 0 Å². The van der Waals surface area contributed by atoms with Crippen LogP contribution in [-0.2, 0) is 6.42 Å². The fourth-order valence-electron chi connectivity index (χ4n) is 3.18. The Hall–Kier alpha value is -0.640. The third-order valence-corrected chi connectivity index (χ3v) is 5.87. The van der Waals surface area contributed by atoms with Crippen molar-refractivity contribution in [3.05, 3.63) is 67.6 Å². The lowest BCUT2D eigenvalue weighted by Crippen LogP contribution is -2.33. The molecule has 110 valence electrons. The summed E-state index contributed by atoms with van der Waals surface area (Å²) in [6, 6.07) is 13.6. The monoisotopic (exact) mass is 407 g/mol. The minimum atomic E-state index is 0.358. The highest BCUT2D eigenvalue weighted by atomic mass is 79.9. The number of nitrogens with one attached hydrogen (secondary N) is 1. The highest BCUT2D eigenvalue weighted by Gasteiger charge is 2.34. The SMILES string of the molecule is CCNC(c1cc(Br)c(C)cc1Br)C1Cc2ccccc21. The van der Waals surface area contributed by atoms with Crippen LogP contribution >= 0.6 is 31.9 Å². The predicted molar refractivity (Wildman–Crippen MR) is 95.9 cm³/mol. The van der Waals surface area contributed by atoms with Gasteiger partial charge in [0.25, 0.3) is 0 Å². The molecule has 3 heteroatoms. The molecular weight excluding hydrogens is 390 g/mol. The fraction of sp³-hybridized carbons (Fsp3) is 0.333. The quantitative estimate of drug-likeness (QED) is 0.703. The van der Waals surface area contributed by atoms with E-state index in [9.17, 15) is 0 Å². The topological polar surface area (TPSA) is 12.0 Å². The van der Waals surface area contributed by atoms with Crippen LogP contribution in [0.1, 0.15) is 41.1 Å². The van der Waals surface area contributed by atoms with Gasteiger partial charge in [-0.25, -0.2) is 0 Å². The average Bonchev–Trinajstić information content (AvgIpc) is 2.43. The molecule has 2 atom stereocenters. The van der Waals surface area contributed by atoms with E-state index in [0.29, 0.717) is 12.0 Å². The Morgan fingerprint density at radius 3 is 2.67 bits per heavy atom. The van der Waals surface area contributed by atoms with Gasteiger partial charge in [0.15, 0.2) is 0 Å². The van der Waals surface area contributed by atoms with E-state index in [1.54, 1.807) is 0 Å². The molecule has 1 aliphatic carbocycles. The van der Waals surface area contributed by atoms with Crippen LogP contribution in [0.4, 0.5) is 0 Å². The van der Waals surface area contributed by atoms with Crippen molar-refractivity contribution in [2.45, 2.75) is 32.2 Å². The van der Waals surface area contributed by atoms with Crippen LogP contribution in [0.2, 0.25) is 0 Å². The molecule has 0 aromatic heterocycles.